The van der Waals surface area contributed by atoms with Gasteiger partial charge in [-0.1, -0.05) is 56.8 Å². The fourth-order valence-corrected chi connectivity index (χ4v) is 5.56. The lowest BCUT2D eigenvalue weighted by Gasteiger charge is -2.19. The van der Waals surface area contributed by atoms with Gasteiger partial charge in [0.05, 0.1) is 11.6 Å². The molecular formula is C40H43N2O5+. The summed E-state index contributed by atoms with van der Waals surface area (Å²) in [5.74, 6) is 0.297. The second-order valence-corrected chi connectivity index (χ2v) is 12.2. The van der Waals surface area contributed by atoms with Gasteiger partial charge in [0.2, 0.25) is 5.36 Å². The van der Waals surface area contributed by atoms with Gasteiger partial charge in [-0.3, -0.25) is 0 Å². The number of anilines is 2. The Morgan fingerprint density at radius 1 is 0.915 bits per heavy atom. The lowest BCUT2D eigenvalue weighted by molar-refractivity contribution is -0.140. The highest BCUT2D eigenvalue weighted by molar-refractivity contribution is 6.08. The van der Waals surface area contributed by atoms with Crippen LogP contribution in [0, 0.1) is 12.8 Å². The van der Waals surface area contributed by atoms with Crippen LogP contribution in [0.2, 0.25) is 0 Å². The van der Waals surface area contributed by atoms with Crippen LogP contribution in [0.4, 0.5) is 11.4 Å². The molecule has 0 aromatic heterocycles. The predicted molar refractivity (Wildman–Crippen MR) is 189 cm³/mol. The van der Waals surface area contributed by atoms with Crippen molar-refractivity contribution >= 4 is 34.3 Å². The monoisotopic (exact) mass is 631 g/mol. The molecule has 7 nitrogen and oxygen atoms in total. The Balaban J connectivity index is 1.67. The zero-order valence-corrected chi connectivity index (χ0v) is 27.9. The van der Waals surface area contributed by atoms with Gasteiger partial charge in [0, 0.05) is 45.9 Å². The summed E-state index contributed by atoms with van der Waals surface area (Å²) in [5.41, 5.74) is 6.80. The SMILES string of the molecule is C=C(C)C(=O)OCCOC(=O)c1ccccc1-c1c2cc/c(=[N+](/CC)CCC(C)C)cc-2oc2cc(C)c(Nc3ccccc3)cc12. The number of benzene rings is 4. The Kier molecular flexibility index (Phi) is 10.6. The molecule has 0 atom stereocenters. The fourth-order valence-electron chi connectivity index (χ4n) is 5.56. The number of hydrogen-bond acceptors (Lipinski definition) is 6. The third-order valence-electron chi connectivity index (χ3n) is 8.14. The molecular weight excluding hydrogens is 588 g/mol. The minimum atomic E-state index is -0.521. The standard InChI is InChI=1S/C40H43N2O5/c1-7-42(20-19-26(2)3)30-17-18-33-37(24-30)47-36-23-28(6)35(41-29-13-9-8-10-14-29)25-34(36)38(33)31-15-11-12-16-32(31)40(44)46-22-21-45-39(43)27(4)5/h8-18,23-26,41H,4,7,19-22H2,1-3,5-6H3/q+1/b42-30+. The molecule has 0 saturated carbocycles. The molecule has 47 heavy (non-hydrogen) atoms. The number of ether oxygens (including phenoxy) is 2. The van der Waals surface area contributed by atoms with Crippen molar-refractivity contribution in [2.45, 2.75) is 41.0 Å². The predicted octanol–water partition coefficient (Wildman–Crippen LogP) is 8.37. The molecule has 2 aliphatic rings. The number of rotatable bonds is 12. The molecule has 0 amide bonds. The Morgan fingerprint density at radius 3 is 2.36 bits per heavy atom. The maximum Gasteiger partial charge on any atom is 0.338 e. The van der Waals surface area contributed by atoms with Crippen LogP contribution in [-0.2, 0) is 14.3 Å². The third kappa shape index (κ3) is 7.80. The van der Waals surface area contributed by atoms with Gasteiger partial charge in [-0.15, -0.1) is 0 Å². The minimum Gasteiger partial charge on any atom is -0.459 e. The van der Waals surface area contributed by atoms with Crippen LogP contribution < -0.4 is 15.2 Å². The Morgan fingerprint density at radius 2 is 1.64 bits per heavy atom. The van der Waals surface area contributed by atoms with E-state index in [0.717, 1.165) is 69.6 Å². The number of nitrogens with one attached hydrogen (secondary N) is 1. The van der Waals surface area contributed by atoms with Crippen molar-refractivity contribution in [1.29, 1.82) is 0 Å². The van der Waals surface area contributed by atoms with E-state index in [1.165, 1.54) is 0 Å². The summed E-state index contributed by atoms with van der Waals surface area (Å²) in [5, 5.41) is 5.49. The molecule has 3 aromatic carbocycles. The van der Waals surface area contributed by atoms with Crippen molar-refractivity contribution in [1.82, 2.24) is 4.58 Å². The van der Waals surface area contributed by atoms with Crippen molar-refractivity contribution < 1.29 is 23.5 Å². The summed E-state index contributed by atoms with van der Waals surface area (Å²) in [6, 6.07) is 27.9. The van der Waals surface area contributed by atoms with Crippen molar-refractivity contribution in [2.75, 3.05) is 31.6 Å². The van der Waals surface area contributed by atoms with E-state index in [4.69, 9.17) is 13.9 Å². The number of aryl methyl sites for hydroxylation is 1. The molecule has 0 spiro atoms. The van der Waals surface area contributed by atoms with E-state index in [1.54, 1.807) is 13.0 Å². The molecule has 242 valence electrons. The maximum atomic E-state index is 13.5. The van der Waals surface area contributed by atoms with Crippen molar-refractivity contribution in [3.05, 3.63) is 114 Å². The fraction of sp³-hybridized carbons (Fsp3) is 0.275. The molecule has 1 aliphatic heterocycles. The van der Waals surface area contributed by atoms with Gasteiger partial charge in [-0.25, -0.2) is 14.2 Å². The summed E-state index contributed by atoms with van der Waals surface area (Å²) >= 11 is 0. The number of hydrogen-bond donors (Lipinski definition) is 1. The maximum absolute atomic E-state index is 13.5. The lowest BCUT2D eigenvalue weighted by atomic mass is 9.90. The minimum absolute atomic E-state index is 0.0585. The number of para-hydroxylation sites is 1. The largest absolute Gasteiger partial charge is 0.459 e. The quantitative estimate of drug-likeness (QED) is 0.0490. The average molecular weight is 632 g/mol. The third-order valence-corrected chi connectivity index (χ3v) is 8.14. The molecule has 5 rings (SSSR count). The number of carbonyl (C=O) groups excluding carboxylic acids is 2. The zero-order valence-electron chi connectivity index (χ0n) is 27.9. The van der Waals surface area contributed by atoms with Crippen LogP contribution in [0.1, 0.15) is 50.0 Å². The summed E-state index contributed by atoms with van der Waals surface area (Å²) in [7, 11) is 0. The van der Waals surface area contributed by atoms with Crippen LogP contribution in [0.5, 0.6) is 0 Å². The smallest absolute Gasteiger partial charge is 0.338 e. The van der Waals surface area contributed by atoms with E-state index in [-0.39, 0.29) is 18.8 Å². The molecule has 0 fully saturated rings. The van der Waals surface area contributed by atoms with Crippen LogP contribution >= 0.6 is 0 Å². The van der Waals surface area contributed by atoms with Crippen LogP contribution in [0.25, 0.3) is 33.4 Å². The first kappa shape index (κ1) is 33.2. The second kappa shape index (κ2) is 14.9. The summed E-state index contributed by atoms with van der Waals surface area (Å²) in [4.78, 5) is 25.3. The Bertz CT molecular complexity index is 1960. The first-order valence-electron chi connectivity index (χ1n) is 16.2. The molecule has 0 saturated heterocycles. The van der Waals surface area contributed by atoms with E-state index >= 15 is 0 Å². The highest BCUT2D eigenvalue weighted by Crippen LogP contribution is 2.43. The van der Waals surface area contributed by atoms with Gasteiger partial charge in [0.15, 0.2) is 0 Å². The highest BCUT2D eigenvalue weighted by Gasteiger charge is 2.24. The van der Waals surface area contributed by atoms with Crippen LogP contribution in [-0.4, -0.2) is 38.2 Å². The number of fused-ring (bicyclic) bond motifs is 2. The Hall–Kier alpha value is -5.17. The van der Waals surface area contributed by atoms with Gasteiger partial charge >= 0.3 is 11.9 Å². The molecule has 0 radical (unpaired) electrons. The van der Waals surface area contributed by atoms with Gasteiger partial charge in [0.25, 0.3) is 0 Å². The zero-order chi connectivity index (χ0) is 33.5. The van der Waals surface area contributed by atoms with Gasteiger partial charge in [0.1, 0.15) is 37.6 Å². The molecule has 1 heterocycles. The van der Waals surface area contributed by atoms with Crippen molar-refractivity contribution in [2.24, 2.45) is 5.92 Å². The first-order chi connectivity index (χ1) is 22.7. The van der Waals surface area contributed by atoms with Gasteiger partial charge in [-0.05, 0) is 74.2 Å². The summed E-state index contributed by atoms with van der Waals surface area (Å²) < 4.78 is 19.7. The van der Waals surface area contributed by atoms with E-state index in [2.05, 4.69) is 68.4 Å². The lowest BCUT2D eigenvalue weighted by Crippen LogP contribution is -2.31. The second-order valence-electron chi connectivity index (χ2n) is 12.2. The van der Waals surface area contributed by atoms with E-state index in [9.17, 15) is 9.59 Å². The molecule has 7 heteroatoms. The van der Waals surface area contributed by atoms with E-state index in [0.29, 0.717) is 17.1 Å². The molecule has 3 aromatic rings. The number of esters is 2. The molecule has 1 N–H and O–H groups in total. The Labute approximate surface area is 276 Å². The topological polar surface area (TPSA) is 80.8 Å². The molecule has 0 unspecified atom stereocenters. The highest BCUT2D eigenvalue weighted by atomic mass is 16.6. The summed E-state index contributed by atoms with van der Waals surface area (Å²) in [6.45, 7) is 15.5. The summed E-state index contributed by atoms with van der Waals surface area (Å²) in [6.07, 6.45) is 1.09. The molecule has 1 aliphatic carbocycles. The van der Waals surface area contributed by atoms with Crippen molar-refractivity contribution in [3.8, 4) is 22.5 Å². The molecule has 0 bridgehead atoms. The normalized spacial score (nSPS) is 11.9. The van der Waals surface area contributed by atoms with E-state index < -0.39 is 11.9 Å². The number of carbonyl (C=O) groups is 2. The van der Waals surface area contributed by atoms with Crippen LogP contribution in [0.15, 0.2) is 101 Å². The first-order valence-corrected chi connectivity index (χ1v) is 16.2. The van der Waals surface area contributed by atoms with Gasteiger partial charge in [-0.2, -0.15) is 0 Å². The van der Waals surface area contributed by atoms with Crippen molar-refractivity contribution in [3.63, 3.8) is 0 Å². The van der Waals surface area contributed by atoms with Crippen LogP contribution in [0.3, 0.4) is 0 Å². The average Bonchev–Trinajstić information content (AvgIpc) is 3.06. The number of nitrogens with zero attached hydrogens (tertiary/aromatic N) is 1. The van der Waals surface area contributed by atoms with E-state index in [1.807, 2.05) is 54.6 Å². The van der Waals surface area contributed by atoms with Gasteiger partial charge < -0.3 is 19.2 Å².